The smallest absolute Gasteiger partial charge is 0.269 e. The van der Waals surface area contributed by atoms with Crippen LogP contribution in [0, 0.1) is 0 Å². The molecule has 2 N–H and O–H groups in total. The Morgan fingerprint density at radius 3 is 3.06 bits per heavy atom. The molecule has 165 valence electrons. The molecular weight excluding hydrogens is 409 g/mol. The Morgan fingerprint density at radius 2 is 2.25 bits per heavy atom. The molecule has 5 heterocycles. The highest BCUT2D eigenvalue weighted by atomic mass is 16.5. The van der Waals surface area contributed by atoms with Crippen molar-refractivity contribution in [1.82, 2.24) is 29.8 Å². The van der Waals surface area contributed by atoms with Crippen molar-refractivity contribution in [2.75, 3.05) is 38.1 Å². The van der Waals surface area contributed by atoms with Crippen LogP contribution in [-0.2, 0) is 13.0 Å². The zero-order chi connectivity index (χ0) is 22.2. The lowest BCUT2D eigenvalue weighted by Gasteiger charge is -2.36. The van der Waals surface area contributed by atoms with Crippen LogP contribution in [0.15, 0.2) is 29.2 Å². The highest BCUT2D eigenvalue weighted by Crippen LogP contribution is 2.32. The average Bonchev–Trinajstić information content (AvgIpc) is 3.07. The first kappa shape index (κ1) is 20.6. The number of anilines is 1. The van der Waals surface area contributed by atoms with Crippen molar-refractivity contribution < 1.29 is 9.53 Å². The van der Waals surface area contributed by atoms with Crippen LogP contribution in [0.2, 0.25) is 0 Å². The van der Waals surface area contributed by atoms with E-state index < -0.39 is 0 Å². The first-order valence-corrected chi connectivity index (χ1v) is 10.8. The monoisotopic (exact) mass is 434 g/mol. The fourth-order valence-corrected chi connectivity index (χ4v) is 4.28. The summed E-state index contributed by atoms with van der Waals surface area (Å²) in [6, 6.07) is 5.57. The molecular formula is C21H25BN7O3. The predicted molar refractivity (Wildman–Crippen MR) is 120 cm³/mol. The minimum atomic E-state index is -0.230. The number of hydrogen-bond donors (Lipinski definition) is 2. The Morgan fingerprint density at radius 1 is 1.38 bits per heavy atom. The molecule has 32 heavy (non-hydrogen) atoms. The van der Waals surface area contributed by atoms with Gasteiger partial charge in [-0.2, -0.15) is 5.10 Å². The van der Waals surface area contributed by atoms with Crippen molar-refractivity contribution in [3.63, 3.8) is 0 Å². The second-order valence-electron chi connectivity index (χ2n) is 8.07. The van der Waals surface area contributed by atoms with Gasteiger partial charge in [0.1, 0.15) is 17.9 Å². The number of H-pyrrole nitrogens is 1. The van der Waals surface area contributed by atoms with Gasteiger partial charge in [-0.3, -0.25) is 9.59 Å². The third-order valence-corrected chi connectivity index (χ3v) is 6.06. The number of carbonyl (C=O) groups excluding carboxylic acids is 1. The molecule has 2 aliphatic rings. The van der Waals surface area contributed by atoms with Gasteiger partial charge >= 0.3 is 0 Å². The summed E-state index contributed by atoms with van der Waals surface area (Å²) in [5, 5.41) is 7.24. The van der Waals surface area contributed by atoms with E-state index in [1.54, 1.807) is 23.8 Å². The number of aromatic amines is 1. The molecule has 3 aromatic rings. The van der Waals surface area contributed by atoms with Crippen LogP contribution < -0.4 is 20.5 Å². The van der Waals surface area contributed by atoms with Crippen molar-refractivity contribution >= 4 is 24.5 Å². The number of nitrogens with zero attached hydrogens (tertiary/aromatic N) is 5. The van der Waals surface area contributed by atoms with Crippen LogP contribution in [-0.4, -0.2) is 76.8 Å². The second kappa shape index (κ2) is 8.31. The van der Waals surface area contributed by atoms with Crippen molar-refractivity contribution in [3.8, 4) is 5.88 Å². The van der Waals surface area contributed by atoms with Gasteiger partial charge in [0.2, 0.25) is 5.88 Å². The molecule has 1 saturated heterocycles. The molecule has 0 aromatic carbocycles. The normalized spacial score (nSPS) is 18.3. The van der Waals surface area contributed by atoms with Crippen molar-refractivity contribution in [2.24, 2.45) is 0 Å². The van der Waals surface area contributed by atoms with Crippen LogP contribution in [0.1, 0.15) is 28.7 Å². The molecule has 10 nitrogen and oxygen atoms in total. The zero-order valence-corrected chi connectivity index (χ0v) is 18.2. The third kappa shape index (κ3) is 3.73. The summed E-state index contributed by atoms with van der Waals surface area (Å²) in [5.41, 5.74) is 3.54. The van der Waals surface area contributed by atoms with E-state index in [9.17, 15) is 9.59 Å². The first-order chi connectivity index (χ1) is 15.6. The number of ether oxygens (including phenoxy) is 1. The Balaban J connectivity index is 1.32. The topological polar surface area (TPSA) is 108 Å². The highest BCUT2D eigenvalue weighted by Gasteiger charge is 2.32. The van der Waals surface area contributed by atoms with E-state index in [-0.39, 0.29) is 17.4 Å². The summed E-state index contributed by atoms with van der Waals surface area (Å²) in [6.45, 7) is 4.79. The van der Waals surface area contributed by atoms with Crippen molar-refractivity contribution in [2.45, 2.75) is 25.8 Å². The second-order valence-corrected chi connectivity index (χ2v) is 8.07. The molecule has 0 spiro atoms. The Bertz CT molecular complexity index is 1220. The van der Waals surface area contributed by atoms with E-state index in [0.29, 0.717) is 36.8 Å². The SMILES string of the molecule is CCc1cn2nc(CN3C[B][C@@H]4COc5nc(C(=O)NC)ccc5N4CC3)cc2[nH]c1=O. The predicted octanol–water partition coefficient (Wildman–Crippen LogP) is 0.0420. The first-order valence-electron chi connectivity index (χ1n) is 10.8. The average molecular weight is 434 g/mol. The van der Waals surface area contributed by atoms with E-state index in [0.717, 1.165) is 36.5 Å². The fraction of sp³-hybridized carbons (Fsp3) is 0.429. The quantitative estimate of drug-likeness (QED) is 0.559. The third-order valence-electron chi connectivity index (χ3n) is 6.06. The number of carbonyl (C=O) groups is 1. The number of nitrogens with one attached hydrogen (secondary N) is 2. The number of aromatic nitrogens is 4. The van der Waals surface area contributed by atoms with Crippen LogP contribution in [0.5, 0.6) is 5.88 Å². The van der Waals surface area contributed by atoms with Gasteiger partial charge < -0.3 is 24.8 Å². The molecule has 1 radical (unpaired) electrons. The van der Waals surface area contributed by atoms with Gasteiger partial charge in [0.15, 0.2) is 7.28 Å². The number of aryl methyl sites for hydroxylation is 1. The van der Waals surface area contributed by atoms with Crippen molar-refractivity contribution in [1.29, 1.82) is 0 Å². The molecule has 3 aromatic heterocycles. The van der Waals surface area contributed by atoms with E-state index in [1.807, 2.05) is 19.1 Å². The van der Waals surface area contributed by atoms with Gasteiger partial charge in [-0.05, 0) is 25.0 Å². The number of amides is 1. The minimum Gasteiger partial charge on any atom is -0.475 e. The number of hydrogen-bond acceptors (Lipinski definition) is 7. The maximum Gasteiger partial charge on any atom is 0.269 e. The van der Waals surface area contributed by atoms with Crippen LogP contribution in [0.25, 0.3) is 5.65 Å². The van der Waals surface area contributed by atoms with E-state index in [4.69, 9.17) is 4.74 Å². The summed E-state index contributed by atoms with van der Waals surface area (Å²) >= 11 is 0. The van der Waals surface area contributed by atoms with Gasteiger partial charge in [0.05, 0.1) is 11.4 Å². The molecule has 2 aliphatic heterocycles. The van der Waals surface area contributed by atoms with E-state index in [1.165, 1.54) is 0 Å². The highest BCUT2D eigenvalue weighted by molar-refractivity contribution is 6.39. The molecule has 1 atom stereocenters. The number of pyridine rings is 1. The Hall–Kier alpha value is -3.34. The van der Waals surface area contributed by atoms with Gasteiger partial charge in [0.25, 0.3) is 11.5 Å². The zero-order valence-electron chi connectivity index (χ0n) is 18.2. The molecule has 5 rings (SSSR count). The van der Waals surface area contributed by atoms with Gasteiger partial charge in [-0.1, -0.05) is 6.92 Å². The molecule has 0 unspecified atom stereocenters. The maximum absolute atomic E-state index is 12.1. The Kier molecular flexibility index (Phi) is 5.34. The van der Waals surface area contributed by atoms with E-state index >= 15 is 0 Å². The van der Waals surface area contributed by atoms with Crippen molar-refractivity contribution in [3.05, 3.63) is 51.7 Å². The van der Waals surface area contributed by atoms with Gasteiger partial charge in [-0.25, -0.2) is 9.50 Å². The summed E-state index contributed by atoms with van der Waals surface area (Å²) in [5.74, 6) is 0.414. The fourth-order valence-electron chi connectivity index (χ4n) is 4.28. The Labute approximate surface area is 185 Å². The number of rotatable bonds is 4. The van der Waals surface area contributed by atoms with Crippen LogP contribution in [0.4, 0.5) is 5.69 Å². The molecule has 1 fully saturated rings. The lowest BCUT2D eigenvalue weighted by atomic mass is 9.68. The lowest BCUT2D eigenvalue weighted by molar-refractivity contribution is 0.0957. The van der Waals surface area contributed by atoms with Crippen LogP contribution in [0.3, 0.4) is 0 Å². The van der Waals surface area contributed by atoms with Gasteiger partial charge in [0, 0.05) is 50.4 Å². The molecule has 0 saturated carbocycles. The minimum absolute atomic E-state index is 0.0571. The molecule has 1 amide bonds. The van der Waals surface area contributed by atoms with Gasteiger partial charge in [-0.15, -0.1) is 0 Å². The standard InChI is InChI=1S/C21H25BN7O3/c1-3-13-9-29-18(25-19(13)30)8-14(26-29)10-27-6-7-28-16-5-4-15(20(31)23-2)24-21(16)32-11-17(28)22-12-27/h4-5,8-9,17H,3,6-7,10-12H2,1-2H3,(H,23,31)(H,25,30)/t17-/m0/s1. The van der Waals surface area contributed by atoms with E-state index in [2.05, 4.69) is 37.5 Å². The summed E-state index contributed by atoms with van der Waals surface area (Å²) in [4.78, 5) is 35.9. The lowest BCUT2D eigenvalue weighted by Crippen LogP contribution is -2.47. The largest absolute Gasteiger partial charge is 0.475 e. The number of fused-ring (bicyclic) bond motifs is 4. The molecule has 11 heteroatoms. The summed E-state index contributed by atoms with van der Waals surface area (Å²) in [7, 11) is 3.83. The maximum atomic E-state index is 12.1. The molecule has 0 aliphatic carbocycles. The summed E-state index contributed by atoms with van der Waals surface area (Å²) < 4.78 is 7.63. The summed E-state index contributed by atoms with van der Waals surface area (Å²) in [6.07, 6.45) is 3.27. The van der Waals surface area contributed by atoms with Crippen LogP contribution >= 0.6 is 0 Å². The molecule has 0 bridgehead atoms.